The average Bonchev–Trinajstić information content (AvgIpc) is 2.85. The van der Waals surface area contributed by atoms with Crippen LogP contribution < -0.4 is 10.1 Å². The molecule has 0 bridgehead atoms. The second kappa shape index (κ2) is 5.61. The number of hydrogen-bond donors (Lipinski definition) is 1. The van der Waals surface area contributed by atoms with Gasteiger partial charge in [0.2, 0.25) is 5.91 Å². The van der Waals surface area contributed by atoms with Gasteiger partial charge in [0.05, 0.1) is 18.2 Å². The number of benzene rings is 1. The molecule has 0 radical (unpaired) electrons. The maximum Gasteiger partial charge on any atom is 0.235 e. The van der Waals surface area contributed by atoms with E-state index in [2.05, 4.69) is 10.3 Å². The Morgan fingerprint density at radius 2 is 2.17 bits per heavy atom. The van der Waals surface area contributed by atoms with Crippen LogP contribution in [0.15, 0.2) is 23.6 Å². The Morgan fingerprint density at radius 3 is 2.78 bits per heavy atom. The molecule has 0 saturated heterocycles. The Hall–Kier alpha value is -1.37. The molecule has 3 rings (SSSR count). The molecule has 8 heteroatoms. The quantitative estimate of drug-likeness (QED) is 0.802. The number of carbonyl (C=O) groups excluding carboxylic acids is 1. The number of amides is 1. The minimum Gasteiger partial charge on any atom is -0.496 e. The Bertz CT molecular complexity index is 781. The molecular formula is C15H13Cl2FN2O2S. The maximum atomic E-state index is 13.5. The van der Waals surface area contributed by atoms with Gasteiger partial charge in [-0.2, -0.15) is 0 Å². The molecule has 2 aromatic rings. The van der Waals surface area contributed by atoms with E-state index in [1.165, 1.54) is 36.6 Å². The second-order valence-corrected chi connectivity index (χ2v) is 7.89. The molecule has 1 aliphatic carbocycles. The van der Waals surface area contributed by atoms with Gasteiger partial charge >= 0.3 is 0 Å². The van der Waals surface area contributed by atoms with E-state index in [0.29, 0.717) is 28.6 Å². The number of aromatic nitrogens is 1. The summed E-state index contributed by atoms with van der Waals surface area (Å²) in [5, 5.41) is 4.82. The van der Waals surface area contributed by atoms with Crippen molar-refractivity contribution < 1.29 is 13.9 Å². The molecule has 0 aliphatic heterocycles. The number of anilines is 1. The number of nitrogens with one attached hydrogen (secondary N) is 1. The first kappa shape index (κ1) is 16.5. The van der Waals surface area contributed by atoms with E-state index in [0.717, 1.165) is 0 Å². The Labute approximate surface area is 146 Å². The molecule has 23 heavy (non-hydrogen) atoms. The van der Waals surface area contributed by atoms with Gasteiger partial charge in [0, 0.05) is 10.9 Å². The first-order valence-electron chi connectivity index (χ1n) is 6.75. The fraction of sp³-hybridized carbons (Fsp3) is 0.333. The van der Waals surface area contributed by atoms with Crippen molar-refractivity contribution in [3.63, 3.8) is 0 Å². The number of hydrogen-bond acceptors (Lipinski definition) is 4. The summed E-state index contributed by atoms with van der Waals surface area (Å²) in [6.45, 7) is 1.70. The van der Waals surface area contributed by atoms with E-state index in [-0.39, 0.29) is 11.7 Å². The Morgan fingerprint density at radius 1 is 1.48 bits per heavy atom. The fourth-order valence-corrected chi connectivity index (χ4v) is 3.63. The normalized spacial score (nSPS) is 21.8. The van der Waals surface area contributed by atoms with Crippen molar-refractivity contribution in [2.45, 2.75) is 17.7 Å². The van der Waals surface area contributed by atoms with E-state index < -0.39 is 9.75 Å². The van der Waals surface area contributed by atoms with Gasteiger partial charge in [0.15, 0.2) is 5.13 Å². The van der Waals surface area contributed by atoms with Gasteiger partial charge < -0.3 is 10.1 Å². The van der Waals surface area contributed by atoms with Gasteiger partial charge in [-0.05, 0) is 31.5 Å². The Balaban J connectivity index is 1.82. The highest BCUT2D eigenvalue weighted by Gasteiger charge is 2.68. The zero-order valence-electron chi connectivity index (χ0n) is 12.3. The molecule has 1 aromatic carbocycles. The number of nitrogens with zero attached hydrogens (tertiary/aromatic N) is 1. The molecule has 1 atom stereocenters. The van der Waals surface area contributed by atoms with E-state index in [9.17, 15) is 9.18 Å². The second-order valence-electron chi connectivity index (χ2n) is 5.55. The number of halogens is 3. The van der Waals surface area contributed by atoms with Crippen LogP contribution in [0.4, 0.5) is 9.52 Å². The standard InChI is InChI=1S/C15H13Cl2FN2O2S/c1-14(7-15(14,16)17)12(21)20-13-19-10(6-23-13)9-5-8(18)3-4-11(9)22-2/h3-6H,7H2,1-2H3,(H,19,20,21). The first-order chi connectivity index (χ1) is 10.8. The summed E-state index contributed by atoms with van der Waals surface area (Å²) in [7, 11) is 1.50. The van der Waals surface area contributed by atoms with E-state index in [4.69, 9.17) is 27.9 Å². The molecule has 1 unspecified atom stereocenters. The third-order valence-electron chi connectivity index (χ3n) is 3.92. The SMILES string of the molecule is COc1ccc(F)cc1-c1csc(NC(=O)C2(C)CC2(Cl)Cl)n1. The number of thiazole rings is 1. The van der Waals surface area contributed by atoms with Gasteiger partial charge in [-0.3, -0.25) is 4.79 Å². The monoisotopic (exact) mass is 374 g/mol. The fourth-order valence-electron chi connectivity index (χ4n) is 2.22. The lowest BCUT2D eigenvalue weighted by Gasteiger charge is -2.10. The van der Waals surface area contributed by atoms with Crippen LogP contribution in [-0.4, -0.2) is 22.3 Å². The highest BCUT2D eigenvalue weighted by molar-refractivity contribution is 7.14. The van der Waals surface area contributed by atoms with Crippen LogP contribution in [0.25, 0.3) is 11.3 Å². The molecule has 1 aliphatic rings. The van der Waals surface area contributed by atoms with E-state index >= 15 is 0 Å². The predicted octanol–water partition coefficient (Wildman–Crippen LogP) is 4.48. The van der Waals surface area contributed by atoms with Crippen LogP contribution in [0, 0.1) is 11.2 Å². The minimum atomic E-state index is -1.04. The highest BCUT2D eigenvalue weighted by atomic mass is 35.5. The topological polar surface area (TPSA) is 51.2 Å². The lowest BCUT2D eigenvalue weighted by Crippen LogP contribution is -2.25. The lowest BCUT2D eigenvalue weighted by atomic mass is 10.1. The van der Waals surface area contributed by atoms with E-state index in [1.807, 2.05) is 0 Å². The summed E-state index contributed by atoms with van der Waals surface area (Å²) in [5.41, 5.74) is 0.218. The number of rotatable bonds is 4. The summed E-state index contributed by atoms with van der Waals surface area (Å²) >= 11 is 13.2. The molecule has 122 valence electrons. The number of alkyl halides is 2. The van der Waals surface area contributed by atoms with Crippen LogP contribution in [0.2, 0.25) is 0 Å². The molecule has 0 spiro atoms. The van der Waals surface area contributed by atoms with Crippen molar-refractivity contribution in [3.8, 4) is 17.0 Å². The summed E-state index contributed by atoms with van der Waals surface area (Å²) in [4.78, 5) is 16.6. The van der Waals surface area contributed by atoms with Gasteiger partial charge in [0.25, 0.3) is 0 Å². The summed E-state index contributed by atoms with van der Waals surface area (Å²) in [6.07, 6.45) is 0.394. The van der Waals surface area contributed by atoms with Gasteiger partial charge in [0.1, 0.15) is 15.9 Å². The van der Waals surface area contributed by atoms with Crippen LogP contribution >= 0.6 is 34.5 Å². The third-order valence-corrected chi connectivity index (χ3v) is 5.78. The first-order valence-corrected chi connectivity index (χ1v) is 8.39. The van der Waals surface area contributed by atoms with Crippen molar-refractivity contribution in [2.24, 2.45) is 5.41 Å². The van der Waals surface area contributed by atoms with Gasteiger partial charge in [-0.15, -0.1) is 34.5 Å². The van der Waals surface area contributed by atoms with Gasteiger partial charge in [-0.1, -0.05) is 0 Å². The number of carbonyl (C=O) groups is 1. The van der Waals surface area contributed by atoms with Crippen LogP contribution in [0.3, 0.4) is 0 Å². The highest BCUT2D eigenvalue weighted by Crippen LogP contribution is 2.64. The largest absolute Gasteiger partial charge is 0.496 e. The molecular weight excluding hydrogens is 362 g/mol. The molecule has 1 fully saturated rings. The Kier molecular flexibility index (Phi) is 4.02. The molecule has 1 saturated carbocycles. The summed E-state index contributed by atoms with van der Waals surface area (Å²) in [5.74, 6) is -0.169. The maximum absolute atomic E-state index is 13.5. The average molecular weight is 375 g/mol. The van der Waals surface area contributed by atoms with Crippen molar-refractivity contribution in [3.05, 3.63) is 29.4 Å². The van der Waals surface area contributed by atoms with Crippen molar-refractivity contribution in [1.29, 1.82) is 0 Å². The predicted molar refractivity (Wildman–Crippen MR) is 89.9 cm³/mol. The number of methoxy groups -OCH3 is 1. The smallest absolute Gasteiger partial charge is 0.235 e. The minimum absolute atomic E-state index is 0.283. The molecule has 1 aromatic heterocycles. The molecule has 4 nitrogen and oxygen atoms in total. The number of ether oxygens (including phenoxy) is 1. The van der Waals surface area contributed by atoms with Gasteiger partial charge in [-0.25, -0.2) is 9.37 Å². The molecule has 1 heterocycles. The van der Waals surface area contributed by atoms with Crippen molar-refractivity contribution >= 4 is 45.6 Å². The zero-order chi connectivity index (χ0) is 16.8. The van der Waals surface area contributed by atoms with Crippen molar-refractivity contribution in [2.75, 3.05) is 12.4 Å². The zero-order valence-corrected chi connectivity index (χ0v) is 14.7. The van der Waals surface area contributed by atoms with E-state index in [1.54, 1.807) is 12.3 Å². The molecule has 1 amide bonds. The third kappa shape index (κ3) is 2.91. The van der Waals surface area contributed by atoms with Crippen LogP contribution in [0.1, 0.15) is 13.3 Å². The van der Waals surface area contributed by atoms with Crippen LogP contribution in [-0.2, 0) is 4.79 Å². The summed E-state index contributed by atoms with van der Waals surface area (Å²) < 4.78 is 17.6. The van der Waals surface area contributed by atoms with Crippen molar-refractivity contribution in [1.82, 2.24) is 4.98 Å². The van der Waals surface area contributed by atoms with Crippen LogP contribution in [0.5, 0.6) is 5.75 Å². The molecule has 1 N–H and O–H groups in total. The summed E-state index contributed by atoms with van der Waals surface area (Å²) in [6, 6.07) is 4.18. The lowest BCUT2D eigenvalue weighted by molar-refractivity contribution is -0.120.